The first kappa shape index (κ1) is 21.9. The number of benzene rings is 2. The van der Waals surface area contributed by atoms with E-state index in [1.54, 1.807) is 24.3 Å². The molecular formula is C25H32N2O3. The van der Waals surface area contributed by atoms with Gasteiger partial charge in [0.1, 0.15) is 5.75 Å². The summed E-state index contributed by atoms with van der Waals surface area (Å²) in [6.07, 6.45) is 2.51. The van der Waals surface area contributed by atoms with E-state index >= 15 is 0 Å². The molecular weight excluding hydrogens is 376 g/mol. The first-order chi connectivity index (χ1) is 14.2. The number of hydrogen-bond acceptors (Lipinski definition) is 3. The SMILES string of the molecule is CC(C)(C)c1ccc(CCC(=O)N2CCC(C(=O)Nc3ccccc3O)CC2)cc1. The summed E-state index contributed by atoms with van der Waals surface area (Å²) in [5.41, 5.74) is 3.03. The number of piperidine rings is 1. The number of phenolic OH excluding ortho intramolecular Hbond substituents is 1. The smallest absolute Gasteiger partial charge is 0.227 e. The van der Waals surface area contributed by atoms with E-state index in [4.69, 9.17) is 0 Å². The fourth-order valence-corrected chi connectivity index (χ4v) is 3.79. The second-order valence-electron chi connectivity index (χ2n) is 9.11. The standard InChI is InChI=1S/C25H32N2O3/c1-25(2,3)20-11-8-18(9-12-20)10-13-23(29)27-16-14-19(15-17-27)24(30)26-21-6-4-5-7-22(21)28/h4-9,11-12,19,28H,10,13-17H2,1-3H3,(H,26,30). The van der Waals surface area contributed by atoms with Crippen molar-refractivity contribution in [3.63, 3.8) is 0 Å². The molecule has 30 heavy (non-hydrogen) atoms. The van der Waals surface area contributed by atoms with E-state index in [0.717, 1.165) is 6.42 Å². The van der Waals surface area contributed by atoms with Crippen LogP contribution in [-0.4, -0.2) is 34.9 Å². The Bertz CT molecular complexity index is 876. The van der Waals surface area contributed by atoms with Gasteiger partial charge in [0.2, 0.25) is 11.8 Å². The zero-order chi connectivity index (χ0) is 21.7. The highest BCUT2D eigenvalue weighted by molar-refractivity contribution is 5.94. The van der Waals surface area contributed by atoms with E-state index in [-0.39, 0.29) is 28.9 Å². The minimum atomic E-state index is -0.140. The van der Waals surface area contributed by atoms with Crippen molar-refractivity contribution >= 4 is 17.5 Å². The Balaban J connectivity index is 1.45. The van der Waals surface area contributed by atoms with Crippen LogP contribution in [-0.2, 0) is 21.4 Å². The zero-order valence-corrected chi connectivity index (χ0v) is 18.1. The van der Waals surface area contributed by atoms with Crippen molar-refractivity contribution in [2.45, 2.75) is 51.9 Å². The van der Waals surface area contributed by atoms with Crippen molar-refractivity contribution in [1.29, 1.82) is 0 Å². The van der Waals surface area contributed by atoms with Crippen LogP contribution in [0.4, 0.5) is 5.69 Å². The number of carbonyl (C=O) groups excluding carboxylic acids is 2. The summed E-state index contributed by atoms with van der Waals surface area (Å²) in [6.45, 7) is 7.77. The number of aromatic hydroxyl groups is 1. The van der Waals surface area contributed by atoms with Crippen LogP contribution >= 0.6 is 0 Å². The monoisotopic (exact) mass is 408 g/mol. The third kappa shape index (κ3) is 5.62. The van der Waals surface area contributed by atoms with Crippen LogP contribution in [0.1, 0.15) is 51.2 Å². The maximum absolute atomic E-state index is 12.6. The molecule has 2 aromatic carbocycles. The predicted molar refractivity (Wildman–Crippen MR) is 120 cm³/mol. The Hall–Kier alpha value is -2.82. The van der Waals surface area contributed by atoms with Crippen molar-refractivity contribution in [3.05, 3.63) is 59.7 Å². The predicted octanol–water partition coefficient (Wildman–Crippen LogP) is 4.50. The van der Waals surface area contributed by atoms with Gasteiger partial charge in [-0.15, -0.1) is 0 Å². The van der Waals surface area contributed by atoms with Gasteiger partial charge < -0.3 is 15.3 Å². The highest BCUT2D eigenvalue weighted by atomic mass is 16.3. The molecule has 0 aliphatic carbocycles. The summed E-state index contributed by atoms with van der Waals surface area (Å²) in [5.74, 6) is -0.0235. The van der Waals surface area contributed by atoms with Gasteiger partial charge in [0.05, 0.1) is 5.69 Å². The van der Waals surface area contributed by atoms with Crippen molar-refractivity contribution in [1.82, 2.24) is 4.90 Å². The molecule has 1 heterocycles. The van der Waals surface area contributed by atoms with E-state index in [9.17, 15) is 14.7 Å². The average Bonchev–Trinajstić information content (AvgIpc) is 2.73. The molecule has 0 atom stereocenters. The van der Waals surface area contributed by atoms with Crippen molar-refractivity contribution in [2.24, 2.45) is 5.92 Å². The molecule has 160 valence electrons. The van der Waals surface area contributed by atoms with Gasteiger partial charge in [0.15, 0.2) is 0 Å². The fraction of sp³-hybridized carbons (Fsp3) is 0.440. The highest BCUT2D eigenvalue weighted by Gasteiger charge is 2.27. The molecule has 5 heteroatoms. The summed E-state index contributed by atoms with van der Waals surface area (Å²) < 4.78 is 0. The molecule has 0 aromatic heterocycles. The largest absolute Gasteiger partial charge is 0.506 e. The number of aryl methyl sites for hydroxylation is 1. The van der Waals surface area contributed by atoms with Gasteiger partial charge in [0.25, 0.3) is 0 Å². The van der Waals surface area contributed by atoms with Gasteiger partial charge in [-0.1, -0.05) is 57.2 Å². The number of nitrogens with zero attached hydrogens (tertiary/aromatic N) is 1. The fourth-order valence-electron chi connectivity index (χ4n) is 3.79. The van der Waals surface area contributed by atoms with Crippen LogP contribution in [0.15, 0.2) is 48.5 Å². The maximum atomic E-state index is 12.6. The molecule has 1 saturated heterocycles. The first-order valence-electron chi connectivity index (χ1n) is 10.7. The lowest BCUT2D eigenvalue weighted by molar-refractivity contribution is -0.134. The summed E-state index contributed by atoms with van der Waals surface area (Å²) in [6, 6.07) is 15.2. The quantitative estimate of drug-likeness (QED) is 0.716. The van der Waals surface area contributed by atoms with Gasteiger partial charge in [-0.2, -0.15) is 0 Å². The molecule has 1 fully saturated rings. The van der Waals surface area contributed by atoms with Gasteiger partial charge in [-0.25, -0.2) is 0 Å². The molecule has 1 aliphatic rings. The summed E-state index contributed by atoms with van der Waals surface area (Å²) in [4.78, 5) is 26.9. The topological polar surface area (TPSA) is 69.6 Å². The van der Waals surface area contributed by atoms with Crippen LogP contribution in [0.5, 0.6) is 5.75 Å². The first-order valence-corrected chi connectivity index (χ1v) is 10.7. The Labute approximate surface area is 179 Å². The van der Waals surface area contributed by atoms with Crippen molar-refractivity contribution in [3.8, 4) is 5.75 Å². The average molecular weight is 409 g/mol. The number of amides is 2. The summed E-state index contributed by atoms with van der Waals surface area (Å²) in [5, 5.41) is 12.6. The molecule has 2 amide bonds. The molecule has 0 spiro atoms. The van der Waals surface area contributed by atoms with Crippen LogP contribution < -0.4 is 5.32 Å². The van der Waals surface area contributed by atoms with Gasteiger partial charge in [0, 0.05) is 25.4 Å². The molecule has 1 aliphatic heterocycles. The van der Waals surface area contributed by atoms with Gasteiger partial charge in [-0.3, -0.25) is 9.59 Å². The molecule has 0 saturated carbocycles. The molecule has 5 nitrogen and oxygen atoms in total. The van der Waals surface area contributed by atoms with Crippen LogP contribution in [0.25, 0.3) is 0 Å². The Morgan fingerprint density at radius 3 is 2.27 bits per heavy atom. The van der Waals surface area contributed by atoms with E-state index in [0.29, 0.717) is 38.0 Å². The molecule has 2 aromatic rings. The Morgan fingerprint density at radius 2 is 1.67 bits per heavy atom. The minimum Gasteiger partial charge on any atom is -0.506 e. The summed E-state index contributed by atoms with van der Waals surface area (Å²) >= 11 is 0. The Kier molecular flexibility index (Phi) is 6.80. The highest BCUT2D eigenvalue weighted by Crippen LogP contribution is 2.25. The second kappa shape index (κ2) is 9.33. The number of nitrogens with one attached hydrogen (secondary N) is 1. The lowest BCUT2D eigenvalue weighted by Gasteiger charge is -2.31. The number of phenols is 1. The number of carbonyl (C=O) groups is 2. The normalized spacial score (nSPS) is 15.1. The number of rotatable bonds is 5. The van der Waals surface area contributed by atoms with Crippen LogP contribution in [0, 0.1) is 5.92 Å². The van der Waals surface area contributed by atoms with Crippen LogP contribution in [0.3, 0.4) is 0 Å². The maximum Gasteiger partial charge on any atom is 0.227 e. The molecule has 3 rings (SSSR count). The van der Waals surface area contributed by atoms with Crippen LogP contribution in [0.2, 0.25) is 0 Å². The third-order valence-electron chi connectivity index (χ3n) is 5.83. The molecule has 0 unspecified atom stereocenters. The van der Waals surface area contributed by atoms with E-state index in [2.05, 4.69) is 50.4 Å². The Morgan fingerprint density at radius 1 is 1.03 bits per heavy atom. The van der Waals surface area contributed by atoms with Gasteiger partial charge >= 0.3 is 0 Å². The zero-order valence-electron chi connectivity index (χ0n) is 18.1. The van der Waals surface area contributed by atoms with Crippen molar-refractivity contribution in [2.75, 3.05) is 18.4 Å². The van der Waals surface area contributed by atoms with E-state index in [1.165, 1.54) is 11.1 Å². The molecule has 0 radical (unpaired) electrons. The molecule has 2 N–H and O–H groups in total. The number of likely N-dealkylation sites (tertiary alicyclic amines) is 1. The number of anilines is 1. The van der Waals surface area contributed by atoms with E-state index in [1.807, 2.05) is 4.90 Å². The lowest BCUT2D eigenvalue weighted by Crippen LogP contribution is -2.41. The molecule has 0 bridgehead atoms. The number of para-hydroxylation sites is 2. The van der Waals surface area contributed by atoms with Gasteiger partial charge in [-0.05, 0) is 47.9 Å². The lowest BCUT2D eigenvalue weighted by atomic mass is 9.86. The second-order valence-corrected chi connectivity index (χ2v) is 9.11. The van der Waals surface area contributed by atoms with E-state index < -0.39 is 0 Å². The minimum absolute atomic E-state index is 0.0639. The summed E-state index contributed by atoms with van der Waals surface area (Å²) in [7, 11) is 0. The van der Waals surface area contributed by atoms with Crippen molar-refractivity contribution < 1.29 is 14.7 Å². The number of hydrogen-bond donors (Lipinski definition) is 2. The third-order valence-corrected chi connectivity index (χ3v) is 5.83.